The van der Waals surface area contributed by atoms with E-state index < -0.39 is 0 Å². The minimum atomic E-state index is -0.190. The summed E-state index contributed by atoms with van der Waals surface area (Å²) < 4.78 is 1.64. The number of aromatic nitrogens is 4. The van der Waals surface area contributed by atoms with Gasteiger partial charge in [0.2, 0.25) is 0 Å². The SMILES string of the molecule is CC(C)NCc1cccnc1Sc1n[nH]c(=O)n1C(C)C. The summed E-state index contributed by atoms with van der Waals surface area (Å²) in [5, 5.41) is 11.5. The number of nitrogens with zero attached hydrogens (tertiary/aromatic N) is 3. The van der Waals surface area contributed by atoms with E-state index in [2.05, 4.69) is 34.3 Å². The van der Waals surface area contributed by atoms with Crippen LogP contribution < -0.4 is 11.0 Å². The van der Waals surface area contributed by atoms with Crippen molar-refractivity contribution < 1.29 is 0 Å². The molecule has 0 aliphatic rings. The van der Waals surface area contributed by atoms with Gasteiger partial charge in [0.25, 0.3) is 0 Å². The van der Waals surface area contributed by atoms with E-state index in [9.17, 15) is 4.79 Å². The highest BCUT2D eigenvalue weighted by molar-refractivity contribution is 7.99. The van der Waals surface area contributed by atoms with Gasteiger partial charge in [-0.05, 0) is 37.2 Å². The van der Waals surface area contributed by atoms with Gasteiger partial charge in [0.15, 0.2) is 5.16 Å². The van der Waals surface area contributed by atoms with E-state index in [1.54, 1.807) is 10.8 Å². The second-order valence-electron chi connectivity index (χ2n) is 5.38. The van der Waals surface area contributed by atoms with Crippen molar-refractivity contribution in [2.75, 3.05) is 0 Å². The monoisotopic (exact) mass is 307 g/mol. The Morgan fingerprint density at radius 1 is 1.38 bits per heavy atom. The van der Waals surface area contributed by atoms with Crippen LogP contribution in [0.5, 0.6) is 0 Å². The predicted octanol–water partition coefficient (Wildman–Crippen LogP) is 2.20. The molecule has 0 atom stereocenters. The van der Waals surface area contributed by atoms with Crippen LogP contribution in [0.4, 0.5) is 0 Å². The van der Waals surface area contributed by atoms with E-state index in [0.717, 1.165) is 17.1 Å². The first-order valence-corrected chi connectivity index (χ1v) is 7.82. The van der Waals surface area contributed by atoms with Crippen molar-refractivity contribution in [3.05, 3.63) is 34.4 Å². The van der Waals surface area contributed by atoms with Crippen LogP contribution in [0.3, 0.4) is 0 Å². The maximum absolute atomic E-state index is 11.8. The molecule has 2 heterocycles. The highest BCUT2D eigenvalue weighted by atomic mass is 32.2. The number of hydrogen-bond donors (Lipinski definition) is 2. The molecule has 6 nitrogen and oxygen atoms in total. The molecule has 7 heteroatoms. The smallest absolute Gasteiger partial charge is 0.310 e. The van der Waals surface area contributed by atoms with Gasteiger partial charge in [0, 0.05) is 24.8 Å². The average Bonchev–Trinajstić information content (AvgIpc) is 2.78. The first kappa shape index (κ1) is 15.8. The van der Waals surface area contributed by atoms with Crippen LogP contribution in [0.2, 0.25) is 0 Å². The first-order chi connectivity index (χ1) is 9.99. The summed E-state index contributed by atoms with van der Waals surface area (Å²) in [5.74, 6) is 0. The summed E-state index contributed by atoms with van der Waals surface area (Å²) in [7, 11) is 0. The molecular weight excluding hydrogens is 286 g/mol. The summed E-state index contributed by atoms with van der Waals surface area (Å²) in [6.07, 6.45) is 1.76. The van der Waals surface area contributed by atoms with Crippen LogP contribution in [0.15, 0.2) is 33.3 Å². The van der Waals surface area contributed by atoms with Crippen LogP contribution in [0, 0.1) is 0 Å². The van der Waals surface area contributed by atoms with E-state index in [-0.39, 0.29) is 11.7 Å². The van der Waals surface area contributed by atoms with Gasteiger partial charge in [-0.2, -0.15) is 0 Å². The molecule has 2 aromatic heterocycles. The Hall–Kier alpha value is -1.60. The van der Waals surface area contributed by atoms with Crippen molar-refractivity contribution in [3.63, 3.8) is 0 Å². The lowest BCUT2D eigenvalue weighted by Crippen LogP contribution is -2.22. The Morgan fingerprint density at radius 2 is 2.14 bits per heavy atom. The van der Waals surface area contributed by atoms with Gasteiger partial charge in [-0.15, -0.1) is 5.10 Å². The number of H-pyrrole nitrogens is 1. The zero-order chi connectivity index (χ0) is 15.4. The molecule has 0 bridgehead atoms. The minimum Gasteiger partial charge on any atom is -0.310 e. The zero-order valence-electron chi connectivity index (χ0n) is 12.8. The normalized spacial score (nSPS) is 11.5. The Kier molecular flexibility index (Phi) is 5.19. The van der Waals surface area contributed by atoms with Crippen molar-refractivity contribution in [2.45, 2.75) is 56.5 Å². The molecule has 0 unspecified atom stereocenters. The number of aromatic amines is 1. The van der Waals surface area contributed by atoms with Crippen LogP contribution in [-0.2, 0) is 6.54 Å². The molecule has 0 amide bonds. The van der Waals surface area contributed by atoms with Crippen molar-refractivity contribution in [1.29, 1.82) is 0 Å². The molecule has 0 fully saturated rings. The third-order valence-electron chi connectivity index (χ3n) is 2.93. The van der Waals surface area contributed by atoms with E-state index in [1.807, 2.05) is 26.0 Å². The Balaban J connectivity index is 2.26. The van der Waals surface area contributed by atoms with Gasteiger partial charge in [-0.3, -0.25) is 4.57 Å². The quantitative estimate of drug-likeness (QED) is 0.855. The Bertz CT molecular complexity index is 647. The molecule has 0 aromatic carbocycles. The predicted molar refractivity (Wildman–Crippen MR) is 83.6 cm³/mol. The third-order valence-corrected chi connectivity index (χ3v) is 3.96. The standard InChI is InChI=1S/C14H21N5OS/c1-9(2)16-8-11-6-5-7-15-12(11)21-14-18-17-13(20)19(14)10(3)4/h5-7,9-10,16H,8H2,1-4H3,(H,17,20). The molecule has 0 saturated carbocycles. The van der Waals surface area contributed by atoms with Gasteiger partial charge in [-0.1, -0.05) is 19.9 Å². The second-order valence-corrected chi connectivity index (χ2v) is 6.34. The highest BCUT2D eigenvalue weighted by Crippen LogP contribution is 2.27. The van der Waals surface area contributed by atoms with Crippen LogP contribution in [0.1, 0.15) is 39.3 Å². The molecule has 2 N–H and O–H groups in total. The van der Waals surface area contributed by atoms with Gasteiger partial charge < -0.3 is 5.32 Å². The van der Waals surface area contributed by atoms with E-state index >= 15 is 0 Å². The molecular formula is C14H21N5OS. The lowest BCUT2D eigenvalue weighted by atomic mass is 10.2. The fourth-order valence-electron chi connectivity index (χ4n) is 1.87. The van der Waals surface area contributed by atoms with Gasteiger partial charge in [-0.25, -0.2) is 14.9 Å². The Morgan fingerprint density at radius 3 is 2.81 bits per heavy atom. The zero-order valence-corrected chi connectivity index (χ0v) is 13.6. The van der Waals surface area contributed by atoms with Crippen LogP contribution in [0.25, 0.3) is 0 Å². The highest BCUT2D eigenvalue weighted by Gasteiger charge is 2.15. The summed E-state index contributed by atoms with van der Waals surface area (Å²) in [4.78, 5) is 16.2. The summed E-state index contributed by atoms with van der Waals surface area (Å²) in [6, 6.07) is 4.42. The van der Waals surface area contributed by atoms with Crippen molar-refractivity contribution in [1.82, 2.24) is 25.1 Å². The fraction of sp³-hybridized carbons (Fsp3) is 0.500. The topological polar surface area (TPSA) is 75.6 Å². The van der Waals surface area contributed by atoms with Crippen molar-refractivity contribution >= 4 is 11.8 Å². The maximum Gasteiger partial charge on any atom is 0.344 e. The van der Waals surface area contributed by atoms with Crippen LogP contribution >= 0.6 is 11.8 Å². The van der Waals surface area contributed by atoms with E-state index in [4.69, 9.17) is 0 Å². The molecule has 0 radical (unpaired) electrons. The molecule has 0 spiro atoms. The van der Waals surface area contributed by atoms with Gasteiger partial charge >= 0.3 is 5.69 Å². The largest absolute Gasteiger partial charge is 0.344 e. The molecule has 0 aliphatic carbocycles. The summed E-state index contributed by atoms with van der Waals surface area (Å²) in [5.41, 5.74) is 0.909. The van der Waals surface area contributed by atoms with E-state index in [0.29, 0.717) is 11.2 Å². The third kappa shape index (κ3) is 3.95. The van der Waals surface area contributed by atoms with Gasteiger partial charge in [0.05, 0.1) is 0 Å². The van der Waals surface area contributed by atoms with Crippen molar-refractivity contribution in [2.24, 2.45) is 0 Å². The first-order valence-electron chi connectivity index (χ1n) is 7.01. The molecule has 0 aliphatic heterocycles. The minimum absolute atomic E-state index is 0.0553. The average molecular weight is 307 g/mol. The molecule has 2 rings (SSSR count). The number of hydrogen-bond acceptors (Lipinski definition) is 5. The second kappa shape index (κ2) is 6.91. The van der Waals surface area contributed by atoms with Crippen LogP contribution in [-0.4, -0.2) is 25.8 Å². The number of rotatable bonds is 6. The molecule has 21 heavy (non-hydrogen) atoms. The van der Waals surface area contributed by atoms with Crippen molar-refractivity contribution in [3.8, 4) is 0 Å². The fourth-order valence-corrected chi connectivity index (χ4v) is 2.91. The molecule has 0 saturated heterocycles. The maximum atomic E-state index is 11.8. The number of nitrogens with one attached hydrogen (secondary N) is 2. The lowest BCUT2D eigenvalue weighted by molar-refractivity contribution is 0.533. The Labute approximate surface area is 128 Å². The van der Waals surface area contributed by atoms with Gasteiger partial charge in [0.1, 0.15) is 5.03 Å². The van der Waals surface area contributed by atoms with E-state index in [1.165, 1.54) is 11.8 Å². The summed E-state index contributed by atoms with van der Waals surface area (Å²) >= 11 is 1.41. The molecule has 2 aromatic rings. The number of pyridine rings is 1. The molecule has 114 valence electrons. The lowest BCUT2D eigenvalue weighted by Gasteiger charge is -2.12. The summed E-state index contributed by atoms with van der Waals surface area (Å²) in [6.45, 7) is 8.87.